The lowest BCUT2D eigenvalue weighted by molar-refractivity contribution is -0.131. The fourth-order valence-electron chi connectivity index (χ4n) is 5.12. The number of pyridine rings is 1. The Morgan fingerprint density at radius 3 is 2.62 bits per heavy atom. The molecule has 2 fully saturated rings. The van der Waals surface area contributed by atoms with Gasteiger partial charge in [-0.25, -0.2) is 4.98 Å². The third-order valence-corrected chi connectivity index (χ3v) is 7.11. The second kappa shape index (κ2) is 7.06. The average Bonchev–Trinajstić information content (AvgIpc) is 3.12. The number of fused-ring (bicyclic) bond motifs is 1. The Balaban J connectivity index is 1.29. The molecule has 0 bridgehead atoms. The summed E-state index contributed by atoms with van der Waals surface area (Å²) in [5, 5.41) is 2.22. The minimum absolute atomic E-state index is 0.233. The molecule has 0 unspecified atom stereocenters. The lowest BCUT2D eigenvalue weighted by Gasteiger charge is -2.51. The second-order valence-electron chi connectivity index (χ2n) is 9.18. The number of aromatic nitrogens is 3. The predicted molar refractivity (Wildman–Crippen MR) is 115 cm³/mol. The maximum atomic E-state index is 12.9. The quantitative estimate of drug-likeness (QED) is 0.681. The number of benzene rings is 1. The Kier molecular flexibility index (Phi) is 4.50. The average molecular weight is 389 g/mol. The number of ketones is 1. The Hall–Kier alpha value is -2.53. The van der Waals surface area contributed by atoms with Crippen molar-refractivity contribution in [2.75, 3.05) is 20.1 Å². The molecule has 3 heterocycles. The van der Waals surface area contributed by atoms with Gasteiger partial charge in [-0.05, 0) is 68.8 Å². The number of hydrogen-bond acceptors (Lipinski definition) is 4. The number of carbonyl (C=O) groups is 1. The van der Waals surface area contributed by atoms with Gasteiger partial charge in [0.1, 0.15) is 5.78 Å². The van der Waals surface area contributed by atoms with Crippen LogP contribution in [0, 0.1) is 11.3 Å². The van der Waals surface area contributed by atoms with Crippen molar-refractivity contribution in [1.29, 1.82) is 0 Å². The van der Waals surface area contributed by atoms with Crippen LogP contribution in [-0.4, -0.2) is 45.4 Å². The van der Waals surface area contributed by atoms with E-state index in [-0.39, 0.29) is 5.92 Å². The van der Waals surface area contributed by atoms with Crippen LogP contribution in [0.4, 0.5) is 0 Å². The van der Waals surface area contributed by atoms with Gasteiger partial charge in [0.05, 0.1) is 18.2 Å². The van der Waals surface area contributed by atoms with Gasteiger partial charge in [0, 0.05) is 42.2 Å². The first-order valence-corrected chi connectivity index (χ1v) is 10.6. The van der Waals surface area contributed by atoms with Gasteiger partial charge in [0.15, 0.2) is 0 Å². The van der Waals surface area contributed by atoms with Crippen LogP contribution in [-0.2, 0) is 18.3 Å². The van der Waals surface area contributed by atoms with Crippen LogP contribution in [0.3, 0.4) is 0 Å². The largest absolute Gasteiger partial charge is 0.334 e. The molecule has 2 aliphatic rings. The van der Waals surface area contributed by atoms with Gasteiger partial charge in [0.2, 0.25) is 0 Å². The van der Waals surface area contributed by atoms with Crippen molar-refractivity contribution in [1.82, 2.24) is 19.4 Å². The molecule has 5 heteroatoms. The Labute approximate surface area is 171 Å². The molecule has 5 rings (SSSR count). The summed E-state index contributed by atoms with van der Waals surface area (Å²) in [4.78, 5) is 24.0. The summed E-state index contributed by atoms with van der Waals surface area (Å²) in [6, 6.07) is 8.43. The van der Waals surface area contributed by atoms with Gasteiger partial charge >= 0.3 is 0 Å². The molecule has 1 saturated carbocycles. The molecule has 0 amide bonds. The van der Waals surface area contributed by atoms with Gasteiger partial charge in [-0.2, -0.15) is 0 Å². The molecule has 3 aromatic rings. The topological polar surface area (TPSA) is 51.0 Å². The van der Waals surface area contributed by atoms with Crippen LogP contribution in [0.1, 0.15) is 31.4 Å². The van der Waals surface area contributed by atoms with Crippen molar-refractivity contribution >= 4 is 16.6 Å². The molecular formula is C24H28N4O. The molecule has 1 aliphatic heterocycles. The molecule has 0 radical (unpaired) electrons. The number of rotatable bonds is 4. The molecule has 0 N–H and O–H groups in total. The van der Waals surface area contributed by atoms with E-state index in [1.807, 2.05) is 30.3 Å². The SMILES string of the molecule is CN1CCC2(CC1)CC(C(=O)Cc1cc3cc(-c4cncn4C)ccc3cn1)C2. The van der Waals surface area contributed by atoms with Gasteiger partial charge in [-0.15, -0.1) is 0 Å². The number of piperidine rings is 1. The van der Waals surface area contributed by atoms with Crippen molar-refractivity contribution < 1.29 is 4.79 Å². The molecule has 0 atom stereocenters. The molecule has 1 aliphatic carbocycles. The number of hydrogen-bond donors (Lipinski definition) is 0. The van der Waals surface area contributed by atoms with Gasteiger partial charge in [0.25, 0.3) is 0 Å². The van der Waals surface area contributed by atoms with Crippen LogP contribution >= 0.6 is 0 Å². The monoisotopic (exact) mass is 388 g/mol. The van der Waals surface area contributed by atoms with E-state index in [2.05, 4.69) is 46.2 Å². The first kappa shape index (κ1) is 18.5. The third kappa shape index (κ3) is 3.48. The van der Waals surface area contributed by atoms with Gasteiger partial charge in [-0.3, -0.25) is 9.78 Å². The van der Waals surface area contributed by atoms with Crippen molar-refractivity contribution in [2.24, 2.45) is 18.4 Å². The van der Waals surface area contributed by atoms with Crippen LogP contribution in [0.25, 0.3) is 22.0 Å². The summed E-state index contributed by atoms with van der Waals surface area (Å²) >= 11 is 0. The summed E-state index contributed by atoms with van der Waals surface area (Å²) in [6.07, 6.45) is 10.7. The third-order valence-electron chi connectivity index (χ3n) is 7.11. The smallest absolute Gasteiger partial charge is 0.141 e. The summed E-state index contributed by atoms with van der Waals surface area (Å²) in [6.45, 7) is 2.35. The minimum atomic E-state index is 0.233. The van der Waals surface area contributed by atoms with E-state index in [0.717, 1.165) is 40.6 Å². The molecule has 1 aromatic carbocycles. The molecular weight excluding hydrogens is 360 g/mol. The van der Waals surface area contributed by atoms with Crippen LogP contribution in [0.5, 0.6) is 0 Å². The number of likely N-dealkylation sites (tertiary alicyclic amines) is 1. The fourth-order valence-corrected chi connectivity index (χ4v) is 5.12. The highest BCUT2D eigenvalue weighted by atomic mass is 16.1. The van der Waals surface area contributed by atoms with Crippen molar-refractivity contribution in [3.63, 3.8) is 0 Å². The maximum absolute atomic E-state index is 12.9. The molecule has 2 aromatic heterocycles. The van der Waals surface area contributed by atoms with E-state index >= 15 is 0 Å². The Morgan fingerprint density at radius 2 is 1.90 bits per heavy atom. The zero-order chi connectivity index (χ0) is 20.0. The number of nitrogens with zero attached hydrogens (tertiary/aromatic N) is 4. The van der Waals surface area contributed by atoms with Gasteiger partial charge in [-0.1, -0.05) is 12.1 Å². The number of imidazole rings is 1. The Morgan fingerprint density at radius 1 is 1.10 bits per heavy atom. The van der Waals surface area contributed by atoms with E-state index in [9.17, 15) is 4.79 Å². The van der Waals surface area contributed by atoms with Crippen LogP contribution < -0.4 is 0 Å². The lowest BCUT2D eigenvalue weighted by Crippen LogP contribution is -2.48. The number of carbonyl (C=O) groups excluding carboxylic acids is 1. The minimum Gasteiger partial charge on any atom is -0.334 e. The number of aryl methyl sites for hydroxylation is 1. The highest BCUT2D eigenvalue weighted by Crippen LogP contribution is 2.52. The fraction of sp³-hybridized carbons (Fsp3) is 0.458. The highest BCUT2D eigenvalue weighted by Gasteiger charge is 2.47. The van der Waals surface area contributed by atoms with E-state index in [1.165, 1.54) is 25.9 Å². The molecule has 5 nitrogen and oxygen atoms in total. The summed E-state index contributed by atoms with van der Waals surface area (Å²) in [7, 11) is 4.19. The first-order valence-electron chi connectivity index (χ1n) is 10.6. The predicted octanol–water partition coefficient (Wildman–Crippen LogP) is 3.87. The normalized spacial score (nSPS) is 19.5. The van der Waals surface area contributed by atoms with E-state index in [0.29, 0.717) is 17.6 Å². The maximum Gasteiger partial charge on any atom is 0.141 e. The molecule has 1 spiro atoms. The molecule has 1 saturated heterocycles. The van der Waals surface area contributed by atoms with Crippen molar-refractivity contribution in [3.8, 4) is 11.3 Å². The van der Waals surface area contributed by atoms with Crippen molar-refractivity contribution in [3.05, 3.63) is 48.7 Å². The second-order valence-corrected chi connectivity index (χ2v) is 9.18. The van der Waals surface area contributed by atoms with E-state index < -0.39 is 0 Å². The van der Waals surface area contributed by atoms with Crippen LogP contribution in [0.15, 0.2) is 43.0 Å². The van der Waals surface area contributed by atoms with Gasteiger partial charge < -0.3 is 9.47 Å². The lowest BCUT2D eigenvalue weighted by atomic mass is 9.56. The first-order chi connectivity index (χ1) is 14.0. The Bertz CT molecular complexity index is 1050. The standard InChI is InChI=1S/C24H28N4O/c1-27-7-5-24(6-8-27)12-20(13-24)23(29)11-21-10-19-9-17(3-4-18(19)14-26-21)22-15-25-16-28(22)2/h3-4,9-10,14-16,20H,5-8,11-13H2,1-2H3. The van der Waals surface area contributed by atoms with Crippen LogP contribution in [0.2, 0.25) is 0 Å². The summed E-state index contributed by atoms with van der Waals surface area (Å²) in [5.74, 6) is 0.598. The zero-order valence-corrected chi connectivity index (χ0v) is 17.3. The number of Topliss-reactive ketones (excluding diaryl/α,β-unsaturated/α-hetero) is 1. The summed E-state index contributed by atoms with van der Waals surface area (Å²) < 4.78 is 2.02. The molecule has 150 valence electrons. The molecule has 29 heavy (non-hydrogen) atoms. The van der Waals surface area contributed by atoms with E-state index in [1.54, 1.807) is 0 Å². The zero-order valence-electron chi connectivity index (χ0n) is 17.3. The van der Waals surface area contributed by atoms with Crippen molar-refractivity contribution in [2.45, 2.75) is 32.1 Å². The highest BCUT2D eigenvalue weighted by molar-refractivity contribution is 5.88. The van der Waals surface area contributed by atoms with E-state index in [4.69, 9.17) is 0 Å². The summed E-state index contributed by atoms with van der Waals surface area (Å²) in [5.41, 5.74) is 3.54.